The van der Waals surface area contributed by atoms with Crippen molar-refractivity contribution in [3.63, 3.8) is 0 Å². The van der Waals surface area contributed by atoms with Crippen LogP contribution in [0.3, 0.4) is 0 Å². The number of benzene rings is 1. The molecule has 20 heavy (non-hydrogen) atoms. The lowest BCUT2D eigenvalue weighted by atomic mass is 9.85. The zero-order chi connectivity index (χ0) is 14.3. The van der Waals surface area contributed by atoms with E-state index in [2.05, 4.69) is 49.9 Å². The van der Waals surface area contributed by atoms with Gasteiger partial charge in [0.05, 0.1) is 0 Å². The van der Waals surface area contributed by atoms with Gasteiger partial charge in [0.25, 0.3) is 0 Å². The molecule has 0 saturated carbocycles. The number of nitrogens with two attached hydrogens (primary N) is 1. The van der Waals surface area contributed by atoms with Gasteiger partial charge < -0.3 is 10.5 Å². The Labute approximate surface area is 122 Å². The number of hydrogen-bond donors (Lipinski definition) is 1. The van der Waals surface area contributed by atoms with Gasteiger partial charge in [-0.2, -0.15) is 0 Å². The van der Waals surface area contributed by atoms with E-state index in [1.54, 1.807) is 0 Å². The van der Waals surface area contributed by atoms with E-state index in [1.807, 2.05) is 0 Å². The maximum atomic E-state index is 6.17. The molecule has 0 spiro atoms. The van der Waals surface area contributed by atoms with Gasteiger partial charge in [0.15, 0.2) is 0 Å². The number of hydrogen-bond acceptors (Lipinski definition) is 3. The minimum Gasteiger partial charge on any atom is -0.487 e. The minimum absolute atomic E-state index is 0.0954. The molecule has 1 aromatic carbocycles. The first-order valence-corrected chi connectivity index (χ1v) is 7.74. The average Bonchev–Trinajstić information content (AvgIpc) is 2.40. The van der Waals surface area contributed by atoms with E-state index in [0.717, 1.165) is 31.7 Å². The number of likely N-dealkylation sites (tertiary alicyclic amines) is 1. The van der Waals surface area contributed by atoms with E-state index in [9.17, 15) is 0 Å². The van der Waals surface area contributed by atoms with Crippen molar-refractivity contribution in [3.8, 4) is 5.75 Å². The smallest absolute Gasteiger partial charge is 0.124 e. The number of rotatable bonds is 1. The number of fused-ring (bicyclic) bond motifs is 1. The first kappa shape index (κ1) is 13.9. The molecular weight excluding hydrogens is 248 g/mol. The zero-order valence-corrected chi connectivity index (χ0v) is 12.8. The van der Waals surface area contributed by atoms with Crippen molar-refractivity contribution in [1.29, 1.82) is 0 Å². The van der Waals surface area contributed by atoms with Gasteiger partial charge in [0.2, 0.25) is 0 Å². The fourth-order valence-corrected chi connectivity index (χ4v) is 3.57. The van der Waals surface area contributed by atoms with Gasteiger partial charge in [0.1, 0.15) is 11.4 Å². The topological polar surface area (TPSA) is 38.5 Å². The van der Waals surface area contributed by atoms with Crippen LogP contribution in [0, 0.1) is 5.92 Å². The number of piperidine rings is 1. The molecular formula is C17H26N2O. The molecule has 0 amide bonds. The molecule has 3 atom stereocenters. The predicted octanol–water partition coefficient (Wildman–Crippen LogP) is 2.96. The van der Waals surface area contributed by atoms with Crippen molar-refractivity contribution in [2.24, 2.45) is 11.7 Å². The Morgan fingerprint density at radius 2 is 2.05 bits per heavy atom. The molecule has 1 fully saturated rings. The standard InChI is InChI=1S/C17H26N2O/c1-12-11-19(9-8-14(12)18)15-10-17(2,3)20-16-7-5-4-6-13(15)16/h4-7,12,14-15H,8-11,18H2,1-3H3. The minimum atomic E-state index is -0.0954. The van der Waals surface area contributed by atoms with Crippen LogP contribution >= 0.6 is 0 Å². The van der Waals surface area contributed by atoms with Crippen LogP contribution < -0.4 is 10.5 Å². The van der Waals surface area contributed by atoms with Gasteiger partial charge in [-0.15, -0.1) is 0 Å². The Kier molecular flexibility index (Phi) is 3.51. The molecule has 2 aliphatic rings. The monoisotopic (exact) mass is 274 g/mol. The molecule has 2 aliphatic heterocycles. The van der Waals surface area contributed by atoms with Crippen molar-refractivity contribution in [3.05, 3.63) is 29.8 Å². The van der Waals surface area contributed by atoms with Crippen molar-refractivity contribution >= 4 is 0 Å². The molecule has 0 aromatic heterocycles. The Morgan fingerprint density at radius 1 is 1.30 bits per heavy atom. The van der Waals surface area contributed by atoms with Crippen LogP contribution in [0.1, 0.15) is 45.2 Å². The van der Waals surface area contributed by atoms with Crippen LogP contribution in [0.2, 0.25) is 0 Å². The highest BCUT2D eigenvalue weighted by Gasteiger charge is 2.38. The molecule has 3 nitrogen and oxygen atoms in total. The molecule has 0 bridgehead atoms. The third-order valence-electron chi connectivity index (χ3n) is 4.79. The van der Waals surface area contributed by atoms with Crippen molar-refractivity contribution in [2.45, 2.75) is 51.3 Å². The van der Waals surface area contributed by atoms with E-state index in [-0.39, 0.29) is 5.60 Å². The summed E-state index contributed by atoms with van der Waals surface area (Å²) < 4.78 is 6.14. The summed E-state index contributed by atoms with van der Waals surface area (Å²) in [6, 6.07) is 9.31. The molecule has 0 radical (unpaired) electrons. The lowest BCUT2D eigenvalue weighted by molar-refractivity contribution is 0.0139. The highest BCUT2D eigenvalue weighted by molar-refractivity contribution is 5.38. The maximum absolute atomic E-state index is 6.17. The predicted molar refractivity (Wildman–Crippen MR) is 81.8 cm³/mol. The van der Waals surface area contributed by atoms with E-state index < -0.39 is 0 Å². The Bertz CT molecular complexity index is 486. The lowest BCUT2D eigenvalue weighted by Gasteiger charge is -2.46. The van der Waals surface area contributed by atoms with E-state index in [1.165, 1.54) is 5.56 Å². The summed E-state index contributed by atoms with van der Waals surface area (Å²) in [6.07, 6.45) is 2.15. The lowest BCUT2D eigenvalue weighted by Crippen LogP contribution is -2.49. The third kappa shape index (κ3) is 2.57. The second kappa shape index (κ2) is 5.05. The molecule has 1 aromatic rings. The summed E-state index contributed by atoms with van der Waals surface area (Å²) in [4.78, 5) is 2.61. The normalized spacial score (nSPS) is 33.3. The summed E-state index contributed by atoms with van der Waals surface area (Å²) in [7, 11) is 0. The Hall–Kier alpha value is -1.06. The van der Waals surface area contributed by atoms with E-state index in [4.69, 9.17) is 10.5 Å². The van der Waals surface area contributed by atoms with Crippen molar-refractivity contribution in [1.82, 2.24) is 4.90 Å². The van der Waals surface area contributed by atoms with Gasteiger partial charge in [-0.25, -0.2) is 0 Å². The van der Waals surface area contributed by atoms with Gasteiger partial charge in [0, 0.05) is 37.2 Å². The second-order valence-corrected chi connectivity index (χ2v) is 7.04. The van der Waals surface area contributed by atoms with Gasteiger partial charge in [-0.05, 0) is 32.3 Å². The third-order valence-corrected chi connectivity index (χ3v) is 4.79. The Morgan fingerprint density at radius 3 is 2.80 bits per heavy atom. The number of para-hydroxylation sites is 1. The van der Waals surface area contributed by atoms with Crippen LogP contribution in [0.5, 0.6) is 5.75 Å². The Balaban J connectivity index is 1.89. The van der Waals surface area contributed by atoms with Gasteiger partial charge in [-0.1, -0.05) is 25.1 Å². The largest absolute Gasteiger partial charge is 0.487 e. The van der Waals surface area contributed by atoms with Crippen LogP contribution in [-0.4, -0.2) is 29.6 Å². The maximum Gasteiger partial charge on any atom is 0.124 e. The summed E-state index contributed by atoms with van der Waals surface area (Å²) in [5.74, 6) is 1.62. The fourth-order valence-electron chi connectivity index (χ4n) is 3.57. The van der Waals surface area contributed by atoms with Crippen LogP contribution in [0.15, 0.2) is 24.3 Å². The van der Waals surface area contributed by atoms with Crippen molar-refractivity contribution < 1.29 is 4.74 Å². The number of nitrogens with zero attached hydrogens (tertiary/aromatic N) is 1. The van der Waals surface area contributed by atoms with Crippen LogP contribution in [0.4, 0.5) is 0 Å². The summed E-state index contributed by atoms with van der Waals surface area (Å²) in [6.45, 7) is 8.84. The highest BCUT2D eigenvalue weighted by Crippen LogP contribution is 2.43. The van der Waals surface area contributed by atoms with Crippen LogP contribution in [0.25, 0.3) is 0 Å². The molecule has 110 valence electrons. The van der Waals surface area contributed by atoms with Crippen LogP contribution in [-0.2, 0) is 0 Å². The summed E-state index contributed by atoms with van der Waals surface area (Å²) in [5, 5.41) is 0. The molecule has 0 aliphatic carbocycles. The summed E-state index contributed by atoms with van der Waals surface area (Å²) >= 11 is 0. The molecule has 1 saturated heterocycles. The molecule has 3 rings (SSSR count). The SMILES string of the molecule is CC1CN(C2CC(C)(C)Oc3ccccc32)CCC1N. The zero-order valence-electron chi connectivity index (χ0n) is 12.8. The number of ether oxygens (including phenoxy) is 1. The second-order valence-electron chi connectivity index (χ2n) is 7.04. The molecule has 3 heteroatoms. The molecule has 2 heterocycles. The average molecular weight is 274 g/mol. The van der Waals surface area contributed by atoms with Gasteiger partial charge >= 0.3 is 0 Å². The fraction of sp³-hybridized carbons (Fsp3) is 0.647. The first-order chi connectivity index (χ1) is 9.46. The molecule has 2 N–H and O–H groups in total. The highest BCUT2D eigenvalue weighted by atomic mass is 16.5. The summed E-state index contributed by atoms with van der Waals surface area (Å²) in [5.41, 5.74) is 7.41. The quantitative estimate of drug-likeness (QED) is 0.855. The first-order valence-electron chi connectivity index (χ1n) is 7.74. The van der Waals surface area contributed by atoms with Gasteiger partial charge in [-0.3, -0.25) is 4.90 Å². The van der Waals surface area contributed by atoms with E-state index >= 15 is 0 Å². The molecule has 3 unspecified atom stereocenters. The van der Waals surface area contributed by atoms with Crippen molar-refractivity contribution in [2.75, 3.05) is 13.1 Å². The van der Waals surface area contributed by atoms with E-state index in [0.29, 0.717) is 18.0 Å².